The lowest BCUT2D eigenvalue weighted by molar-refractivity contribution is 0.0239. The highest BCUT2D eigenvalue weighted by Crippen LogP contribution is 2.41. The third kappa shape index (κ3) is 2.15. The standard InChI is InChI=1S/C17H15ClFN3O/c1-17(2)9-23-8-13-14(15-11(19)7-20-16(18)21-15)10-5-3-4-6-12(10)22(13)17/h3-7H,8-9H2,1-2H3. The highest BCUT2D eigenvalue weighted by Gasteiger charge is 2.33. The van der Waals surface area contributed by atoms with Crippen LogP contribution in [0, 0.1) is 5.82 Å². The molecular weight excluding hydrogens is 317 g/mol. The maximum Gasteiger partial charge on any atom is 0.223 e. The lowest BCUT2D eigenvalue weighted by Crippen LogP contribution is -2.37. The molecule has 4 rings (SSSR count). The Morgan fingerprint density at radius 2 is 2.09 bits per heavy atom. The molecule has 3 heterocycles. The van der Waals surface area contributed by atoms with E-state index in [2.05, 4.69) is 28.4 Å². The molecule has 0 radical (unpaired) electrons. The molecule has 6 heteroatoms. The van der Waals surface area contributed by atoms with Gasteiger partial charge in [0.25, 0.3) is 0 Å². The second kappa shape index (κ2) is 5.01. The van der Waals surface area contributed by atoms with Gasteiger partial charge in [-0.15, -0.1) is 0 Å². The molecule has 0 amide bonds. The molecule has 0 saturated heterocycles. The molecule has 0 fully saturated rings. The molecule has 1 aromatic carbocycles. The summed E-state index contributed by atoms with van der Waals surface area (Å²) < 4.78 is 22.4. The van der Waals surface area contributed by atoms with Gasteiger partial charge in [-0.3, -0.25) is 0 Å². The summed E-state index contributed by atoms with van der Waals surface area (Å²) >= 11 is 5.90. The average molecular weight is 332 g/mol. The Kier molecular flexibility index (Phi) is 3.18. The molecule has 0 unspecified atom stereocenters. The van der Waals surface area contributed by atoms with Crippen molar-refractivity contribution in [2.45, 2.75) is 26.0 Å². The van der Waals surface area contributed by atoms with Crippen LogP contribution in [0.15, 0.2) is 30.5 Å². The van der Waals surface area contributed by atoms with Gasteiger partial charge in [-0.1, -0.05) is 18.2 Å². The largest absolute Gasteiger partial charge is 0.373 e. The van der Waals surface area contributed by atoms with Crippen molar-refractivity contribution in [1.29, 1.82) is 0 Å². The van der Waals surface area contributed by atoms with Gasteiger partial charge in [-0.25, -0.2) is 14.4 Å². The second-order valence-electron chi connectivity index (χ2n) is 6.32. The summed E-state index contributed by atoms with van der Waals surface area (Å²) in [4.78, 5) is 7.84. The van der Waals surface area contributed by atoms with Crippen LogP contribution in [-0.2, 0) is 16.9 Å². The summed E-state index contributed by atoms with van der Waals surface area (Å²) in [6.07, 6.45) is 1.11. The van der Waals surface area contributed by atoms with Crippen molar-refractivity contribution in [3.63, 3.8) is 0 Å². The van der Waals surface area contributed by atoms with Crippen LogP contribution in [0.25, 0.3) is 22.2 Å². The van der Waals surface area contributed by atoms with Crippen LogP contribution >= 0.6 is 11.6 Å². The number of halogens is 2. The zero-order valence-corrected chi connectivity index (χ0v) is 13.6. The first kappa shape index (κ1) is 14.6. The Morgan fingerprint density at radius 3 is 2.91 bits per heavy atom. The zero-order chi connectivity index (χ0) is 16.2. The van der Waals surface area contributed by atoms with Gasteiger partial charge in [-0.05, 0) is 31.5 Å². The molecule has 0 N–H and O–H groups in total. The Bertz CT molecular complexity index is 920. The van der Waals surface area contributed by atoms with Crippen LogP contribution in [-0.4, -0.2) is 21.1 Å². The predicted octanol–water partition coefficient (Wildman–Crippen LogP) is 4.16. The van der Waals surface area contributed by atoms with Crippen molar-refractivity contribution in [2.24, 2.45) is 0 Å². The van der Waals surface area contributed by atoms with Crippen LogP contribution in [0.1, 0.15) is 19.5 Å². The predicted molar refractivity (Wildman–Crippen MR) is 86.9 cm³/mol. The molecule has 118 valence electrons. The smallest absolute Gasteiger partial charge is 0.223 e. The van der Waals surface area contributed by atoms with Crippen LogP contribution in [0.2, 0.25) is 5.28 Å². The van der Waals surface area contributed by atoms with Crippen molar-refractivity contribution in [3.05, 3.63) is 47.3 Å². The lowest BCUT2D eigenvalue weighted by atomic mass is 10.0. The van der Waals surface area contributed by atoms with Crippen molar-refractivity contribution in [3.8, 4) is 11.3 Å². The number of hydrogen-bond donors (Lipinski definition) is 0. The van der Waals surface area contributed by atoms with E-state index in [9.17, 15) is 4.39 Å². The van der Waals surface area contributed by atoms with Crippen molar-refractivity contribution < 1.29 is 9.13 Å². The minimum atomic E-state index is -0.489. The Labute approximate surface area is 137 Å². The fourth-order valence-electron chi connectivity index (χ4n) is 3.37. The molecule has 0 saturated carbocycles. The van der Waals surface area contributed by atoms with Gasteiger partial charge < -0.3 is 9.30 Å². The molecule has 0 spiro atoms. The molecule has 0 aliphatic carbocycles. The number of ether oxygens (including phenoxy) is 1. The SMILES string of the molecule is CC1(C)COCc2c(-c3nc(Cl)ncc3F)c3ccccc3n21. The summed E-state index contributed by atoms with van der Waals surface area (Å²) in [6.45, 7) is 5.23. The van der Waals surface area contributed by atoms with Gasteiger partial charge in [-0.2, -0.15) is 0 Å². The normalized spacial score (nSPS) is 16.5. The lowest BCUT2D eigenvalue weighted by Gasteiger charge is -2.34. The Morgan fingerprint density at radius 1 is 1.30 bits per heavy atom. The topological polar surface area (TPSA) is 39.9 Å². The first-order valence-electron chi connectivity index (χ1n) is 7.38. The quantitative estimate of drug-likeness (QED) is 0.629. The fraction of sp³-hybridized carbons (Fsp3) is 0.294. The molecule has 3 aromatic rings. The minimum absolute atomic E-state index is 0.0291. The van der Waals surface area contributed by atoms with Gasteiger partial charge in [0.2, 0.25) is 5.28 Å². The van der Waals surface area contributed by atoms with Gasteiger partial charge in [0.15, 0.2) is 5.82 Å². The first-order chi connectivity index (χ1) is 11.0. The van der Waals surface area contributed by atoms with E-state index in [1.807, 2.05) is 24.3 Å². The molecule has 23 heavy (non-hydrogen) atoms. The third-order valence-electron chi connectivity index (χ3n) is 4.22. The molecule has 1 aliphatic rings. The van der Waals surface area contributed by atoms with E-state index in [4.69, 9.17) is 16.3 Å². The summed E-state index contributed by atoms with van der Waals surface area (Å²) in [7, 11) is 0. The number of hydrogen-bond acceptors (Lipinski definition) is 3. The van der Waals surface area contributed by atoms with E-state index < -0.39 is 5.82 Å². The van der Waals surface area contributed by atoms with Crippen molar-refractivity contribution in [2.75, 3.05) is 6.61 Å². The van der Waals surface area contributed by atoms with Gasteiger partial charge in [0.05, 0.1) is 30.6 Å². The van der Waals surface area contributed by atoms with Crippen LogP contribution in [0.4, 0.5) is 4.39 Å². The number of para-hydroxylation sites is 1. The van der Waals surface area contributed by atoms with E-state index >= 15 is 0 Å². The van der Waals surface area contributed by atoms with Crippen LogP contribution < -0.4 is 0 Å². The van der Waals surface area contributed by atoms with Crippen molar-refractivity contribution >= 4 is 22.5 Å². The Balaban J connectivity index is 2.14. The van der Waals surface area contributed by atoms with Crippen molar-refractivity contribution in [1.82, 2.24) is 14.5 Å². The highest BCUT2D eigenvalue weighted by atomic mass is 35.5. The maximum absolute atomic E-state index is 14.4. The summed E-state index contributed by atoms with van der Waals surface area (Å²) in [6, 6.07) is 7.93. The summed E-state index contributed by atoms with van der Waals surface area (Å²) in [5.41, 5.74) is 2.68. The number of rotatable bonds is 1. The molecule has 2 aromatic heterocycles. The Hall–Kier alpha value is -1.98. The average Bonchev–Trinajstić information content (AvgIpc) is 2.85. The number of nitrogens with zero attached hydrogens (tertiary/aromatic N) is 3. The first-order valence-corrected chi connectivity index (χ1v) is 7.76. The van der Waals surface area contributed by atoms with Gasteiger partial charge >= 0.3 is 0 Å². The van der Waals surface area contributed by atoms with E-state index in [0.29, 0.717) is 13.2 Å². The number of fused-ring (bicyclic) bond motifs is 3. The van der Waals surface area contributed by atoms with E-state index in [1.165, 1.54) is 0 Å². The summed E-state index contributed by atoms with van der Waals surface area (Å²) in [5.74, 6) is -0.489. The molecule has 0 atom stereocenters. The molecule has 1 aliphatic heterocycles. The highest BCUT2D eigenvalue weighted by molar-refractivity contribution is 6.28. The van der Waals surface area contributed by atoms with Crippen LogP contribution in [0.3, 0.4) is 0 Å². The van der Waals surface area contributed by atoms with Gasteiger partial charge in [0.1, 0.15) is 5.69 Å². The molecule has 0 bridgehead atoms. The molecular formula is C17H15ClFN3O. The van der Waals surface area contributed by atoms with E-state index in [0.717, 1.165) is 28.4 Å². The molecule has 4 nitrogen and oxygen atoms in total. The van der Waals surface area contributed by atoms with E-state index in [-0.39, 0.29) is 16.5 Å². The zero-order valence-electron chi connectivity index (χ0n) is 12.8. The van der Waals surface area contributed by atoms with Gasteiger partial charge in [0, 0.05) is 16.5 Å². The maximum atomic E-state index is 14.4. The van der Waals surface area contributed by atoms with E-state index in [1.54, 1.807) is 0 Å². The van der Waals surface area contributed by atoms with Crippen LogP contribution in [0.5, 0.6) is 0 Å². The minimum Gasteiger partial charge on any atom is -0.373 e. The summed E-state index contributed by atoms with van der Waals surface area (Å²) in [5, 5.41) is 0.969. The number of benzene rings is 1. The fourth-order valence-corrected chi connectivity index (χ4v) is 3.50. The third-order valence-corrected chi connectivity index (χ3v) is 4.41. The second-order valence-corrected chi connectivity index (χ2v) is 6.65. The number of aromatic nitrogens is 3. The monoisotopic (exact) mass is 331 g/mol.